The first-order valence-corrected chi connectivity index (χ1v) is 4.49. The van der Waals surface area contributed by atoms with Crippen LogP contribution in [0, 0.1) is 11.3 Å². The van der Waals surface area contributed by atoms with Crippen molar-refractivity contribution in [2.75, 3.05) is 18.4 Å². The molecule has 1 atom stereocenters. The Balaban J connectivity index is 2.39. The van der Waals surface area contributed by atoms with Gasteiger partial charge in [-0.25, -0.2) is 0 Å². The first-order valence-electron chi connectivity index (χ1n) is 4.49. The number of hydrogen-bond donors (Lipinski definition) is 2. The van der Waals surface area contributed by atoms with E-state index < -0.39 is 0 Å². The molecule has 1 aromatic carbocycles. The van der Waals surface area contributed by atoms with E-state index in [1.165, 1.54) is 0 Å². The summed E-state index contributed by atoms with van der Waals surface area (Å²) in [6.45, 7) is 1.14. The topological polar surface area (TPSA) is 71.1 Å². The summed E-state index contributed by atoms with van der Waals surface area (Å²) in [7, 11) is 0. The van der Waals surface area contributed by atoms with Crippen LogP contribution in [0.3, 0.4) is 0 Å². The van der Waals surface area contributed by atoms with Gasteiger partial charge in [0.15, 0.2) is 5.75 Å². The number of nitrogens with two attached hydrogens (primary N) is 1. The van der Waals surface area contributed by atoms with E-state index in [1.807, 2.05) is 12.1 Å². The van der Waals surface area contributed by atoms with Gasteiger partial charge in [0.05, 0.1) is 17.8 Å². The zero-order valence-corrected chi connectivity index (χ0v) is 7.66. The Kier molecular flexibility index (Phi) is 2.25. The highest BCUT2D eigenvalue weighted by Crippen LogP contribution is 2.31. The molecular formula is C10H11N3O. The van der Waals surface area contributed by atoms with E-state index in [0.29, 0.717) is 24.4 Å². The van der Waals surface area contributed by atoms with Gasteiger partial charge in [-0.2, -0.15) is 5.26 Å². The van der Waals surface area contributed by atoms with Gasteiger partial charge < -0.3 is 15.8 Å². The summed E-state index contributed by atoms with van der Waals surface area (Å²) >= 11 is 0. The van der Waals surface area contributed by atoms with Crippen molar-refractivity contribution in [2.24, 2.45) is 5.73 Å². The molecule has 0 bridgehead atoms. The third-order valence-corrected chi connectivity index (χ3v) is 2.20. The number of para-hydroxylation sites is 1. The maximum Gasteiger partial charge on any atom is 0.160 e. The minimum atomic E-state index is -0.0444. The van der Waals surface area contributed by atoms with Crippen molar-refractivity contribution in [2.45, 2.75) is 6.10 Å². The van der Waals surface area contributed by atoms with Crippen LogP contribution in [0.2, 0.25) is 0 Å². The summed E-state index contributed by atoms with van der Waals surface area (Å²) < 4.78 is 5.59. The Hall–Kier alpha value is -1.73. The molecule has 14 heavy (non-hydrogen) atoms. The van der Waals surface area contributed by atoms with Crippen LogP contribution < -0.4 is 15.8 Å². The van der Waals surface area contributed by atoms with Gasteiger partial charge in [-0.05, 0) is 12.1 Å². The molecule has 0 saturated carbocycles. The third-order valence-electron chi connectivity index (χ3n) is 2.20. The normalized spacial score (nSPS) is 18.7. The van der Waals surface area contributed by atoms with Crippen molar-refractivity contribution in [3.8, 4) is 11.8 Å². The standard InChI is InChI=1S/C10H11N3O/c11-4-7-2-1-3-9-10(7)14-8(5-12)6-13-9/h1-3,8,13H,5-6,12H2/t8-/m1/s1. The van der Waals surface area contributed by atoms with Gasteiger partial charge in [-0.1, -0.05) is 6.07 Å². The highest BCUT2D eigenvalue weighted by molar-refractivity contribution is 5.64. The SMILES string of the molecule is N#Cc1cccc2c1O[C@H](CN)CN2. The highest BCUT2D eigenvalue weighted by atomic mass is 16.5. The average Bonchev–Trinajstić information content (AvgIpc) is 2.27. The molecule has 0 spiro atoms. The van der Waals surface area contributed by atoms with Crippen molar-refractivity contribution in [1.29, 1.82) is 5.26 Å². The van der Waals surface area contributed by atoms with Crippen molar-refractivity contribution in [3.63, 3.8) is 0 Å². The van der Waals surface area contributed by atoms with E-state index in [0.717, 1.165) is 5.69 Å². The minimum absolute atomic E-state index is 0.0444. The first-order chi connectivity index (χ1) is 6.85. The lowest BCUT2D eigenvalue weighted by molar-refractivity contribution is 0.213. The summed E-state index contributed by atoms with van der Waals surface area (Å²) in [6.07, 6.45) is -0.0444. The highest BCUT2D eigenvalue weighted by Gasteiger charge is 2.20. The Labute approximate surface area is 82.3 Å². The van der Waals surface area contributed by atoms with Gasteiger partial charge in [0.1, 0.15) is 12.2 Å². The second-order valence-corrected chi connectivity index (χ2v) is 3.15. The van der Waals surface area contributed by atoms with Gasteiger partial charge in [-0.3, -0.25) is 0 Å². The zero-order chi connectivity index (χ0) is 9.97. The van der Waals surface area contributed by atoms with Crippen LogP contribution in [0.5, 0.6) is 5.75 Å². The van der Waals surface area contributed by atoms with Crippen LogP contribution in [-0.4, -0.2) is 19.2 Å². The molecule has 0 saturated heterocycles. The van der Waals surface area contributed by atoms with Gasteiger partial charge in [0, 0.05) is 6.54 Å². The van der Waals surface area contributed by atoms with Crippen molar-refractivity contribution < 1.29 is 4.74 Å². The lowest BCUT2D eigenvalue weighted by atomic mass is 10.1. The second-order valence-electron chi connectivity index (χ2n) is 3.15. The lowest BCUT2D eigenvalue weighted by Crippen LogP contribution is -2.37. The van der Waals surface area contributed by atoms with Crippen LogP contribution in [0.4, 0.5) is 5.69 Å². The van der Waals surface area contributed by atoms with E-state index in [1.54, 1.807) is 6.07 Å². The van der Waals surface area contributed by atoms with E-state index in [4.69, 9.17) is 15.7 Å². The summed E-state index contributed by atoms with van der Waals surface area (Å²) in [5, 5.41) is 12.0. The fourth-order valence-corrected chi connectivity index (χ4v) is 1.45. The number of benzene rings is 1. The molecule has 0 amide bonds. The molecule has 1 aromatic rings. The van der Waals surface area contributed by atoms with E-state index in [9.17, 15) is 0 Å². The first kappa shape index (κ1) is 8.85. The number of nitrogens with one attached hydrogen (secondary N) is 1. The van der Waals surface area contributed by atoms with Crippen molar-refractivity contribution in [1.82, 2.24) is 0 Å². The summed E-state index contributed by atoms with van der Waals surface area (Å²) in [5.74, 6) is 0.622. The van der Waals surface area contributed by atoms with Crippen LogP contribution >= 0.6 is 0 Å². The van der Waals surface area contributed by atoms with Crippen molar-refractivity contribution in [3.05, 3.63) is 23.8 Å². The maximum absolute atomic E-state index is 8.86. The molecular weight excluding hydrogens is 178 g/mol. The number of hydrogen-bond acceptors (Lipinski definition) is 4. The van der Waals surface area contributed by atoms with Crippen molar-refractivity contribution >= 4 is 5.69 Å². The molecule has 1 aliphatic heterocycles. The zero-order valence-electron chi connectivity index (χ0n) is 7.66. The molecule has 2 rings (SSSR count). The van der Waals surface area contributed by atoms with E-state index in [2.05, 4.69) is 11.4 Å². The number of fused-ring (bicyclic) bond motifs is 1. The molecule has 0 aliphatic carbocycles. The predicted octanol–water partition coefficient (Wildman–Crippen LogP) is 0.690. The smallest absolute Gasteiger partial charge is 0.160 e. The van der Waals surface area contributed by atoms with Gasteiger partial charge >= 0.3 is 0 Å². The van der Waals surface area contributed by atoms with E-state index in [-0.39, 0.29) is 6.10 Å². The largest absolute Gasteiger partial charge is 0.484 e. The quantitative estimate of drug-likeness (QED) is 0.681. The molecule has 3 N–H and O–H groups in total. The number of rotatable bonds is 1. The van der Waals surface area contributed by atoms with Gasteiger partial charge in [0.25, 0.3) is 0 Å². The fourth-order valence-electron chi connectivity index (χ4n) is 1.45. The maximum atomic E-state index is 8.86. The predicted molar refractivity (Wildman–Crippen MR) is 53.1 cm³/mol. The fraction of sp³-hybridized carbons (Fsp3) is 0.300. The summed E-state index contributed by atoms with van der Waals surface area (Å²) in [5.41, 5.74) is 6.92. The monoisotopic (exact) mass is 189 g/mol. The molecule has 1 aliphatic rings. The molecule has 4 nitrogen and oxygen atoms in total. The number of anilines is 1. The van der Waals surface area contributed by atoms with E-state index >= 15 is 0 Å². The van der Waals surface area contributed by atoms with Crippen LogP contribution in [0.15, 0.2) is 18.2 Å². The number of nitriles is 1. The second kappa shape index (κ2) is 3.56. The molecule has 0 fully saturated rings. The molecule has 0 aromatic heterocycles. The summed E-state index contributed by atoms with van der Waals surface area (Å²) in [6, 6.07) is 7.55. The van der Waals surface area contributed by atoms with Gasteiger partial charge in [0.2, 0.25) is 0 Å². The molecule has 4 heteroatoms. The summed E-state index contributed by atoms with van der Waals surface area (Å²) in [4.78, 5) is 0. The lowest BCUT2D eigenvalue weighted by Gasteiger charge is -2.26. The Morgan fingerprint density at radius 2 is 2.50 bits per heavy atom. The Morgan fingerprint density at radius 3 is 3.21 bits per heavy atom. The number of nitrogens with zero attached hydrogens (tertiary/aromatic N) is 1. The molecule has 1 heterocycles. The Morgan fingerprint density at radius 1 is 1.64 bits per heavy atom. The molecule has 0 unspecified atom stereocenters. The van der Waals surface area contributed by atoms with Crippen LogP contribution in [0.1, 0.15) is 5.56 Å². The number of ether oxygens (including phenoxy) is 1. The molecule has 0 radical (unpaired) electrons. The average molecular weight is 189 g/mol. The Bertz CT molecular complexity index is 383. The minimum Gasteiger partial charge on any atom is -0.484 e. The van der Waals surface area contributed by atoms with Crippen LogP contribution in [0.25, 0.3) is 0 Å². The van der Waals surface area contributed by atoms with Gasteiger partial charge in [-0.15, -0.1) is 0 Å². The third kappa shape index (κ3) is 1.38. The molecule has 72 valence electrons. The van der Waals surface area contributed by atoms with Crippen LogP contribution in [-0.2, 0) is 0 Å².